The largest absolute Gasteiger partial charge is 0.494 e. The van der Waals surface area contributed by atoms with Gasteiger partial charge in [0.2, 0.25) is 0 Å². The summed E-state index contributed by atoms with van der Waals surface area (Å²) >= 11 is 0. The number of benzene rings is 2. The molecule has 0 fully saturated rings. The highest BCUT2D eigenvalue weighted by atomic mass is 19.1. The highest BCUT2D eigenvalue weighted by Gasteiger charge is 2.18. The molecule has 0 bridgehead atoms. The molecular weight excluding hydrogens is 341 g/mol. The lowest BCUT2D eigenvalue weighted by Crippen LogP contribution is -2.31. The van der Waals surface area contributed by atoms with Gasteiger partial charge in [0.15, 0.2) is 24.3 Å². The fourth-order valence-corrected chi connectivity index (χ4v) is 2.03. The lowest BCUT2D eigenvalue weighted by Gasteiger charge is -2.14. The highest BCUT2D eigenvalue weighted by Crippen LogP contribution is 2.17. The number of rotatable bonds is 8. The minimum Gasteiger partial charge on any atom is -0.494 e. The third-order valence-corrected chi connectivity index (χ3v) is 3.29. The summed E-state index contributed by atoms with van der Waals surface area (Å²) < 4.78 is 28.7. The molecule has 26 heavy (non-hydrogen) atoms. The van der Waals surface area contributed by atoms with Crippen molar-refractivity contribution in [2.75, 3.05) is 18.5 Å². The third kappa shape index (κ3) is 5.77. The standard InChI is InChI=1S/C19H20FNO5/c1-3-24-15-10-8-14(9-11-15)21-19(23)13(2)26-18(22)12-25-17-7-5-4-6-16(17)20/h4-11,13H,3,12H2,1-2H3,(H,21,23). The fourth-order valence-electron chi connectivity index (χ4n) is 2.03. The monoisotopic (exact) mass is 361 g/mol. The summed E-state index contributed by atoms with van der Waals surface area (Å²) in [5, 5.41) is 2.63. The second kappa shape index (κ2) is 9.41. The molecule has 1 amide bonds. The molecule has 0 saturated heterocycles. The van der Waals surface area contributed by atoms with Gasteiger partial charge in [0, 0.05) is 5.69 Å². The Morgan fingerprint density at radius 2 is 1.77 bits per heavy atom. The van der Waals surface area contributed by atoms with E-state index in [1.807, 2.05) is 6.92 Å². The van der Waals surface area contributed by atoms with Crippen molar-refractivity contribution < 1.29 is 28.2 Å². The van der Waals surface area contributed by atoms with Crippen LogP contribution >= 0.6 is 0 Å². The van der Waals surface area contributed by atoms with E-state index in [1.165, 1.54) is 25.1 Å². The number of halogens is 1. The number of hydrogen-bond acceptors (Lipinski definition) is 5. The molecule has 0 saturated carbocycles. The highest BCUT2D eigenvalue weighted by molar-refractivity contribution is 5.95. The van der Waals surface area contributed by atoms with Crippen molar-refractivity contribution in [1.82, 2.24) is 0 Å². The predicted octanol–water partition coefficient (Wildman–Crippen LogP) is 3.17. The van der Waals surface area contributed by atoms with Gasteiger partial charge in [0.1, 0.15) is 5.75 Å². The Kier molecular flexibility index (Phi) is 6.96. The van der Waals surface area contributed by atoms with Gasteiger partial charge in [-0.15, -0.1) is 0 Å². The average molecular weight is 361 g/mol. The van der Waals surface area contributed by atoms with Gasteiger partial charge in [-0.25, -0.2) is 9.18 Å². The van der Waals surface area contributed by atoms with Crippen LogP contribution < -0.4 is 14.8 Å². The Balaban J connectivity index is 1.80. The number of hydrogen-bond donors (Lipinski definition) is 1. The van der Waals surface area contributed by atoms with Crippen LogP contribution in [-0.4, -0.2) is 31.2 Å². The molecule has 2 aromatic rings. The van der Waals surface area contributed by atoms with Crippen LogP contribution in [0.5, 0.6) is 11.5 Å². The number of anilines is 1. The number of carbonyl (C=O) groups is 2. The number of amides is 1. The SMILES string of the molecule is CCOc1ccc(NC(=O)C(C)OC(=O)COc2ccccc2F)cc1. The van der Waals surface area contributed by atoms with Crippen LogP contribution in [0.3, 0.4) is 0 Å². The van der Waals surface area contributed by atoms with Gasteiger partial charge in [-0.1, -0.05) is 12.1 Å². The Bertz CT molecular complexity index is 748. The van der Waals surface area contributed by atoms with Gasteiger partial charge in [0.05, 0.1) is 6.61 Å². The lowest BCUT2D eigenvalue weighted by atomic mass is 10.3. The molecule has 0 aliphatic rings. The van der Waals surface area contributed by atoms with E-state index in [9.17, 15) is 14.0 Å². The Morgan fingerprint density at radius 3 is 2.42 bits per heavy atom. The molecular formula is C19H20FNO5. The topological polar surface area (TPSA) is 73.9 Å². The minimum absolute atomic E-state index is 0.0593. The minimum atomic E-state index is -1.03. The molecule has 138 valence electrons. The summed E-state index contributed by atoms with van der Waals surface area (Å²) in [5.41, 5.74) is 0.545. The van der Waals surface area contributed by atoms with Crippen LogP contribution in [0.2, 0.25) is 0 Å². The predicted molar refractivity (Wildman–Crippen MR) is 93.7 cm³/mol. The van der Waals surface area contributed by atoms with E-state index in [2.05, 4.69) is 5.32 Å². The quantitative estimate of drug-likeness (QED) is 0.731. The summed E-state index contributed by atoms with van der Waals surface area (Å²) in [4.78, 5) is 23.8. The zero-order valence-electron chi connectivity index (χ0n) is 14.5. The van der Waals surface area contributed by atoms with Crippen LogP contribution in [-0.2, 0) is 14.3 Å². The Labute approximate surface area is 150 Å². The normalized spacial score (nSPS) is 11.3. The van der Waals surface area contributed by atoms with E-state index in [4.69, 9.17) is 14.2 Å². The maximum atomic E-state index is 13.4. The van der Waals surface area contributed by atoms with E-state index < -0.39 is 30.4 Å². The fraction of sp³-hybridized carbons (Fsp3) is 0.263. The van der Waals surface area contributed by atoms with Gasteiger partial charge in [-0.2, -0.15) is 0 Å². The number of carbonyl (C=O) groups excluding carboxylic acids is 2. The third-order valence-electron chi connectivity index (χ3n) is 3.29. The smallest absolute Gasteiger partial charge is 0.344 e. The van der Waals surface area contributed by atoms with E-state index in [0.717, 1.165) is 0 Å². The molecule has 0 radical (unpaired) electrons. The zero-order chi connectivity index (χ0) is 18.9. The van der Waals surface area contributed by atoms with Crippen LogP contribution in [0.4, 0.5) is 10.1 Å². The van der Waals surface area contributed by atoms with Crippen molar-refractivity contribution >= 4 is 17.6 Å². The number of esters is 1. The van der Waals surface area contributed by atoms with Crippen molar-refractivity contribution in [3.63, 3.8) is 0 Å². The number of nitrogens with one attached hydrogen (secondary N) is 1. The maximum Gasteiger partial charge on any atom is 0.344 e. The lowest BCUT2D eigenvalue weighted by molar-refractivity contribution is -0.155. The van der Waals surface area contributed by atoms with Crippen molar-refractivity contribution in [3.8, 4) is 11.5 Å². The molecule has 2 aromatic carbocycles. The van der Waals surface area contributed by atoms with E-state index >= 15 is 0 Å². The summed E-state index contributed by atoms with van der Waals surface area (Å²) in [7, 11) is 0. The molecule has 1 N–H and O–H groups in total. The van der Waals surface area contributed by atoms with E-state index in [0.29, 0.717) is 18.0 Å². The van der Waals surface area contributed by atoms with Gasteiger partial charge in [0.25, 0.3) is 5.91 Å². The van der Waals surface area contributed by atoms with Gasteiger partial charge < -0.3 is 19.5 Å². The number of para-hydroxylation sites is 1. The van der Waals surface area contributed by atoms with E-state index in [-0.39, 0.29) is 5.75 Å². The van der Waals surface area contributed by atoms with Gasteiger partial charge in [-0.3, -0.25) is 4.79 Å². The second-order valence-corrected chi connectivity index (χ2v) is 5.30. The molecule has 0 heterocycles. The zero-order valence-corrected chi connectivity index (χ0v) is 14.5. The summed E-state index contributed by atoms with van der Waals surface area (Å²) in [6.07, 6.45) is -1.03. The van der Waals surface area contributed by atoms with Crippen molar-refractivity contribution in [1.29, 1.82) is 0 Å². The van der Waals surface area contributed by atoms with Crippen LogP contribution in [0.25, 0.3) is 0 Å². The van der Waals surface area contributed by atoms with Crippen molar-refractivity contribution in [2.45, 2.75) is 20.0 Å². The second-order valence-electron chi connectivity index (χ2n) is 5.30. The van der Waals surface area contributed by atoms with Crippen molar-refractivity contribution in [3.05, 3.63) is 54.3 Å². The molecule has 2 rings (SSSR count). The molecule has 0 aliphatic heterocycles. The number of ether oxygens (including phenoxy) is 3. The summed E-state index contributed by atoms with van der Waals surface area (Å²) in [5.74, 6) is -1.22. The molecule has 0 spiro atoms. The Morgan fingerprint density at radius 1 is 1.08 bits per heavy atom. The molecule has 1 atom stereocenters. The first-order valence-corrected chi connectivity index (χ1v) is 8.10. The summed E-state index contributed by atoms with van der Waals surface area (Å²) in [6, 6.07) is 12.5. The average Bonchev–Trinajstić information content (AvgIpc) is 2.63. The van der Waals surface area contributed by atoms with Gasteiger partial charge in [-0.05, 0) is 50.2 Å². The molecule has 0 aliphatic carbocycles. The maximum absolute atomic E-state index is 13.4. The van der Waals surface area contributed by atoms with Gasteiger partial charge >= 0.3 is 5.97 Å². The molecule has 7 heteroatoms. The first-order valence-electron chi connectivity index (χ1n) is 8.10. The molecule has 1 unspecified atom stereocenters. The van der Waals surface area contributed by atoms with Crippen molar-refractivity contribution in [2.24, 2.45) is 0 Å². The van der Waals surface area contributed by atoms with E-state index in [1.54, 1.807) is 30.3 Å². The molecule has 0 aromatic heterocycles. The first kappa shape index (κ1) is 19.2. The van der Waals surface area contributed by atoms with Crippen LogP contribution in [0.15, 0.2) is 48.5 Å². The Hall–Kier alpha value is -3.09. The molecule has 6 nitrogen and oxygen atoms in total. The first-order chi connectivity index (χ1) is 12.5. The summed E-state index contributed by atoms with van der Waals surface area (Å²) in [6.45, 7) is 3.36. The van der Waals surface area contributed by atoms with Crippen LogP contribution in [0.1, 0.15) is 13.8 Å². The van der Waals surface area contributed by atoms with Crippen LogP contribution in [0, 0.1) is 5.82 Å².